The number of allylic oxidation sites excluding steroid dienone is 2. The van der Waals surface area contributed by atoms with Gasteiger partial charge in [-0.25, -0.2) is 0 Å². The predicted octanol–water partition coefficient (Wildman–Crippen LogP) is 3.56. The van der Waals surface area contributed by atoms with Crippen molar-refractivity contribution in [3.8, 4) is 0 Å². The van der Waals surface area contributed by atoms with E-state index >= 15 is 0 Å². The van der Waals surface area contributed by atoms with Crippen molar-refractivity contribution in [1.29, 1.82) is 0 Å². The number of ether oxygens (including phenoxy) is 1. The Labute approximate surface area is 106 Å². The summed E-state index contributed by atoms with van der Waals surface area (Å²) >= 11 is 0. The van der Waals surface area contributed by atoms with Crippen LogP contribution in [-0.4, -0.2) is 12.9 Å². The molecule has 0 heterocycles. The highest BCUT2D eigenvalue weighted by Crippen LogP contribution is 2.32. The summed E-state index contributed by atoms with van der Waals surface area (Å²) < 4.78 is 5.32. The molecule has 0 bridgehead atoms. The standard InChI is InChI=1S/C16H14O2/c1-18-15-9-8-14(17)16(15)13-7-6-11-4-2-3-5-12(11)10-13/h2-7,10H,8-9H2,1H3. The number of carbonyl (C=O) groups is 1. The number of fused-ring (bicyclic) bond motifs is 1. The van der Waals surface area contributed by atoms with Crippen LogP contribution in [0.1, 0.15) is 18.4 Å². The lowest BCUT2D eigenvalue weighted by atomic mass is 10.00. The van der Waals surface area contributed by atoms with E-state index in [0.29, 0.717) is 6.42 Å². The van der Waals surface area contributed by atoms with Crippen LogP contribution in [0.5, 0.6) is 0 Å². The van der Waals surface area contributed by atoms with E-state index in [2.05, 4.69) is 24.3 Å². The first kappa shape index (κ1) is 11.0. The fourth-order valence-corrected chi connectivity index (χ4v) is 2.50. The number of hydrogen-bond donors (Lipinski definition) is 0. The number of rotatable bonds is 2. The lowest BCUT2D eigenvalue weighted by Gasteiger charge is -2.06. The van der Waals surface area contributed by atoms with Gasteiger partial charge in [0.1, 0.15) is 5.76 Å². The molecule has 2 heteroatoms. The lowest BCUT2D eigenvalue weighted by molar-refractivity contribution is -0.113. The lowest BCUT2D eigenvalue weighted by Crippen LogP contribution is -1.96. The van der Waals surface area contributed by atoms with Crippen molar-refractivity contribution in [2.24, 2.45) is 0 Å². The number of benzene rings is 2. The van der Waals surface area contributed by atoms with E-state index in [1.54, 1.807) is 7.11 Å². The number of methoxy groups -OCH3 is 1. The summed E-state index contributed by atoms with van der Waals surface area (Å²) in [5, 5.41) is 2.34. The Morgan fingerprint density at radius 1 is 1.00 bits per heavy atom. The van der Waals surface area contributed by atoms with Gasteiger partial charge in [0, 0.05) is 12.8 Å². The van der Waals surface area contributed by atoms with E-state index in [0.717, 1.165) is 28.7 Å². The molecule has 0 spiro atoms. The highest BCUT2D eigenvalue weighted by molar-refractivity contribution is 6.23. The summed E-state index contributed by atoms with van der Waals surface area (Å²) in [6, 6.07) is 14.3. The molecule has 1 aliphatic carbocycles. The molecule has 0 saturated heterocycles. The normalized spacial score (nSPS) is 15.5. The van der Waals surface area contributed by atoms with Crippen molar-refractivity contribution in [2.45, 2.75) is 12.8 Å². The molecule has 2 aromatic rings. The molecule has 0 unspecified atom stereocenters. The number of Topliss-reactive ketones (excluding diaryl/α,β-unsaturated/α-hetero) is 1. The highest BCUT2D eigenvalue weighted by Gasteiger charge is 2.25. The van der Waals surface area contributed by atoms with E-state index in [4.69, 9.17) is 4.74 Å². The monoisotopic (exact) mass is 238 g/mol. The second-order valence-corrected chi connectivity index (χ2v) is 4.49. The molecular weight excluding hydrogens is 224 g/mol. The Morgan fingerprint density at radius 3 is 2.56 bits per heavy atom. The predicted molar refractivity (Wildman–Crippen MR) is 72.1 cm³/mol. The molecule has 2 nitrogen and oxygen atoms in total. The molecule has 3 rings (SSSR count). The Hall–Kier alpha value is -2.09. The molecular formula is C16H14O2. The Balaban J connectivity index is 2.17. The number of carbonyl (C=O) groups excluding carboxylic acids is 1. The first-order valence-corrected chi connectivity index (χ1v) is 6.09. The average molecular weight is 238 g/mol. The minimum absolute atomic E-state index is 0.183. The second-order valence-electron chi connectivity index (χ2n) is 4.49. The third-order valence-corrected chi connectivity index (χ3v) is 3.42. The summed E-state index contributed by atoms with van der Waals surface area (Å²) in [7, 11) is 1.63. The third-order valence-electron chi connectivity index (χ3n) is 3.42. The molecule has 0 fully saturated rings. The van der Waals surface area contributed by atoms with E-state index in [1.807, 2.05) is 18.2 Å². The molecule has 0 N–H and O–H groups in total. The molecule has 0 aliphatic heterocycles. The molecule has 1 aliphatic rings. The van der Waals surface area contributed by atoms with Gasteiger partial charge in [-0.2, -0.15) is 0 Å². The van der Waals surface area contributed by atoms with Gasteiger partial charge in [0.2, 0.25) is 0 Å². The van der Waals surface area contributed by atoms with Crippen LogP contribution >= 0.6 is 0 Å². The molecule has 18 heavy (non-hydrogen) atoms. The van der Waals surface area contributed by atoms with Crippen LogP contribution in [0, 0.1) is 0 Å². The molecule has 0 aromatic heterocycles. The van der Waals surface area contributed by atoms with Crippen molar-refractivity contribution >= 4 is 22.1 Å². The SMILES string of the molecule is COC1=C(c2ccc3ccccc3c2)C(=O)CC1. The zero-order chi connectivity index (χ0) is 12.5. The summed E-state index contributed by atoms with van der Waals surface area (Å²) in [5.41, 5.74) is 1.72. The summed E-state index contributed by atoms with van der Waals surface area (Å²) in [6.45, 7) is 0. The molecule has 0 atom stereocenters. The first-order chi connectivity index (χ1) is 8.79. The maximum absolute atomic E-state index is 11.9. The Morgan fingerprint density at radius 2 is 1.78 bits per heavy atom. The van der Waals surface area contributed by atoms with Crippen LogP contribution in [0.2, 0.25) is 0 Å². The molecule has 0 saturated carbocycles. The molecule has 90 valence electrons. The highest BCUT2D eigenvalue weighted by atomic mass is 16.5. The average Bonchev–Trinajstić information content (AvgIpc) is 2.79. The van der Waals surface area contributed by atoms with Crippen LogP contribution in [0.4, 0.5) is 0 Å². The van der Waals surface area contributed by atoms with Gasteiger partial charge in [0.15, 0.2) is 5.78 Å². The van der Waals surface area contributed by atoms with Crippen LogP contribution in [0.15, 0.2) is 48.2 Å². The van der Waals surface area contributed by atoms with Gasteiger partial charge >= 0.3 is 0 Å². The van der Waals surface area contributed by atoms with Crippen molar-refractivity contribution in [3.05, 3.63) is 53.8 Å². The first-order valence-electron chi connectivity index (χ1n) is 6.09. The maximum Gasteiger partial charge on any atom is 0.167 e. The number of ketones is 1. The van der Waals surface area contributed by atoms with Crippen LogP contribution < -0.4 is 0 Å². The summed E-state index contributed by atoms with van der Waals surface area (Å²) in [4.78, 5) is 11.9. The molecule has 0 amide bonds. The van der Waals surface area contributed by atoms with Gasteiger partial charge in [-0.05, 0) is 22.4 Å². The minimum atomic E-state index is 0.183. The van der Waals surface area contributed by atoms with E-state index < -0.39 is 0 Å². The zero-order valence-corrected chi connectivity index (χ0v) is 10.3. The van der Waals surface area contributed by atoms with Crippen molar-refractivity contribution in [2.75, 3.05) is 7.11 Å². The Kier molecular flexibility index (Phi) is 2.63. The summed E-state index contributed by atoms with van der Waals surface area (Å²) in [6.07, 6.45) is 1.28. The topological polar surface area (TPSA) is 26.3 Å². The van der Waals surface area contributed by atoms with Crippen LogP contribution in [0.25, 0.3) is 16.3 Å². The molecule has 2 aromatic carbocycles. The number of hydrogen-bond acceptors (Lipinski definition) is 2. The quantitative estimate of drug-likeness (QED) is 0.799. The zero-order valence-electron chi connectivity index (χ0n) is 10.3. The largest absolute Gasteiger partial charge is 0.500 e. The maximum atomic E-state index is 11.9. The van der Waals surface area contributed by atoms with E-state index in [9.17, 15) is 4.79 Å². The van der Waals surface area contributed by atoms with Gasteiger partial charge in [0.05, 0.1) is 12.7 Å². The van der Waals surface area contributed by atoms with Crippen molar-refractivity contribution < 1.29 is 9.53 Å². The van der Waals surface area contributed by atoms with Crippen LogP contribution in [-0.2, 0) is 9.53 Å². The smallest absolute Gasteiger partial charge is 0.167 e. The summed E-state index contributed by atoms with van der Waals surface area (Å²) in [5.74, 6) is 0.998. The van der Waals surface area contributed by atoms with Gasteiger partial charge in [0.25, 0.3) is 0 Å². The van der Waals surface area contributed by atoms with Crippen molar-refractivity contribution in [3.63, 3.8) is 0 Å². The molecule has 0 radical (unpaired) electrons. The third kappa shape index (κ3) is 1.70. The Bertz CT molecular complexity index is 653. The second kappa shape index (κ2) is 4.30. The fourth-order valence-electron chi connectivity index (χ4n) is 2.50. The van der Waals surface area contributed by atoms with Gasteiger partial charge < -0.3 is 4.74 Å². The van der Waals surface area contributed by atoms with Gasteiger partial charge in [-0.3, -0.25) is 4.79 Å². The van der Waals surface area contributed by atoms with Gasteiger partial charge in [-0.1, -0.05) is 36.4 Å². The van der Waals surface area contributed by atoms with Crippen molar-refractivity contribution in [1.82, 2.24) is 0 Å². The van der Waals surface area contributed by atoms with Gasteiger partial charge in [-0.15, -0.1) is 0 Å². The van der Waals surface area contributed by atoms with E-state index in [-0.39, 0.29) is 5.78 Å². The minimum Gasteiger partial charge on any atom is -0.500 e. The fraction of sp³-hybridized carbons (Fsp3) is 0.188. The van der Waals surface area contributed by atoms with Crippen LogP contribution in [0.3, 0.4) is 0 Å². The van der Waals surface area contributed by atoms with E-state index in [1.165, 1.54) is 5.39 Å².